The molecule has 1 aromatic heterocycles. The molecular weight excluding hydrogens is 308 g/mol. The first-order chi connectivity index (χ1) is 11.1. The van der Waals surface area contributed by atoms with Crippen molar-refractivity contribution in [2.75, 3.05) is 0 Å². The molecule has 3 nitrogen and oxygen atoms in total. The summed E-state index contributed by atoms with van der Waals surface area (Å²) in [6.07, 6.45) is 0. The second kappa shape index (κ2) is 6.12. The largest absolute Gasteiger partial charge is 0.325 e. The summed E-state index contributed by atoms with van der Waals surface area (Å²) >= 11 is 6.02. The van der Waals surface area contributed by atoms with Crippen molar-refractivity contribution in [1.29, 1.82) is 5.26 Å². The predicted molar refractivity (Wildman–Crippen MR) is 92.4 cm³/mol. The molecule has 0 saturated carbocycles. The number of nitrogens with zero attached hydrogens (tertiary/aromatic N) is 1. The lowest BCUT2D eigenvalue weighted by Crippen LogP contribution is -2.12. The minimum Gasteiger partial charge on any atom is -0.325 e. The summed E-state index contributed by atoms with van der Waals surface area (Å²) in [5.41, 5.74) is 4.02. The summed E-state index contributed by atoms with van der Waals surface area (Å²) in [7, 11) is 0. The number of hydrogen-bond acceptors (Lipinski definition) is 2. The molecule has 0 fully saturated rings. The van der Waals surface area contributed by atoms with Gasteiger partial charge in [0.2, 0.25) is 0 Å². The first kappa shape index (κ1) is 15.1. The monoisotopic (exact) mass is 320 g/mol. The maximum absolute atomic E-state index is 11.9. The van der Waals surface area contributed by atoms with E-state index >= 15 is 0 Å². The van der Waals surface area contributed by atoms with E-state index in [4.69, 9.17) is 11.6 Å². The number of aryl methyl sites for hydroxylation is 1. The Hall–Kier alpha value is -2.83. The quantitative estimate of drug-likeness (QED) is 0.753. The van der Waals surface area contributed by atoms with Crippen LogP contribution in [0.3, 0.4) is 0 Å². The van der Waals surface area contributed by atoms with Crippen LogP contribution in [0.25, 0.3) is 22.3 Å². The lowest BCUT2D eigenvalue weighted by atomic mass is 9.98. The second-order valence-electron chi connectivity index (χ2n) is 5.27. The van der Waals surface area contributed by atoms with Crippen molar-refractivity contribution in [1.82, 2.24) is 4.98 Å². The molecule has 112 valence electrons. The number of aromatic nitrogens is 1. The zero-order valence-electron chi connectivity index (χ0n) is 12.4. The van der Waals surface area contributed by atoms with Crippen molar-refractivity contribution >= 4 is 11.6 Å². The third-order valence-electron chi connectivity index (χ3n) is 3.63. The Morgan fingerprint density at radius 2 is 1.70 bits per heavy atom. The van der Waals surface area contributed by atoms with Crippen LogP contribution in [-0.4, -0.2) is 4.98 Å². The first-order valence-electron chi connectivity index (χ1n) is 7.09. The van der Waals surface area contributed by atoms with Gasteiger partial charge in [-0.05, 0) is 41.8 Å². The van der Waals surface area contributed by atoms with Gasteiger partial charge in [0.05, 0.1) is 0 Å². The Labute approximate surface area is 138 Å². The van der Waals surface area contributed by atoms with Gasteiger partial charge in [0.15, 0.2) is 0 Å². The molecule has 0 saturated heterocycles. The fourth-order valence-corrected chi connectivity index (χ4v) is 2.73. The fourth-order valence-electron chi connectivity index (χ4n) is 2.54. The maximum Gasteiger partial charge on any atom is 0.266 e. The van der Waals surface area contributed by atoms with Crippen LogP contribution in [-0.2, 0) is 0 Å². The SMILES string of the molecule is Cc1cc(-c2ccc(-c3cccc(Cl)c3)cc2)c(C#N)c(=O)[nH]1. The van der Waals surface area contributed by atoms with E-state index in [9.17, 15) is 10.1 Å². The van der Waals surface area contributed by atoms with Gasteiger partial charge in [-0.15, -0.1) is 0 Å². The van der Waals surface area contributed by atoms with Crippen LogP contribution in [0.2, 0.25) is 5.02 Å². The molecule has 23 heavy (non-hydrogen) atoms. The van der Waals surface area contributed by atoms with Crippen molar-refractivity contribution < 1.29 is 0 Å². The van der Waals surface area contributed by atoms with E-state index in [1.54, 1.807) is 6.92 Å². The minimum absolute atomic E-state index is 0.131. The van der Waals surface area contributed by atoms with E-state index in [1.165, 1.54) is 0 Å². The molecule has 0 unspecified atom stereocenters. The molecule has 0 amide bonds. The molecule has 3 rings (SSSR count). The van der Waals surface area contributed by atoms with Crippen molar-refractivity contribution in [2.45, 2.75) is 6.92 Å². The van der Waals surface area contributed by atoms with Crippen LogP contribution in [0.5, 0.6) is 0 Å². The highest BCUT2D eigenvalue weighted by Crippen LogP contribution is 2.27. The number of rotatable bonds is 2. The lowest BCUT2D eigenvalue weighted by molar-refractivity contribution is 1.13. The number of hydrogen-bond donors (Lipinski definition) is 1. The zero-order chi connectivity index (χ0) is 16.4. The molecule has 1 heterocycles. The molecule has 2 aromatic carbocycles. The van der Waals surface area contributed by atoms with Gasteiger partial charge in [-0.1, -0.05) is 48.0 Å². The van der Waals surface area contributed by atoms with Crippen LogP contribution in [0.15, 0.2) is 59.4 Å². The Morgan fingerprint density at radius 1 is 1.00 bits per heavy atom. The van der Waals surface area contributed by atoms with Crippen molar-refractivity contribution in [2.24, 2.45) is 0 Å². The van der Waals surface area contributed by atoms with Gasteiger partial charge in [0.25, 0.3) is 5.56 Å². The third-order valence-corrected chi connectivity index (χ3v) is 3.87. The third kappa shape index (κ3) is 3.03. The van der Waals surface area contributed by atoms with Gasteiger partial charge < -0.3 is 4.98 Å². The predicted octanol–water partition coefficient (Wildman–Crippen LogP) is 4.54. The second-order valence-corrected chi connectivity index (χ2v) is 5.71. The average Bonchev–Trinajstić information content (AvgIpc) is 2.54. The lowest BCUT2D eigenvalue weighted by Gasteiger charge is -2.07. The average molecular weight is 321 g/mol. The number of halogens is 1. The van der Waals surface area contributed by atoms with Crippen LogP contribution >= 0.6 is 11.6 Å². The maximum atomic E-state index is 11.9. The van der Waals surface area contributed by atoms with Crippen LogP contribution in [0.4, 0.5) is 0 Å². The molecule has 0 atom stereocenters. The molecule has 4 heteroatoms. The van der Waals surface area contributed by atoms with Gasteiger partial charge in [0, 0.05) is 16.3 Å². The van der Waals surface area contributed by atoms with Gasteiger partial charge in [0.1, 0.15) is 11.6 Å². The molecule has 3 aromatic rings. The Bertz CT molecular complexity index is 966. The summed E-state index contributed by atoms with van der Waals surface area (Å²) in [4.78, 5) is 14.5. The smallest absolute Gasteiger partial charge is 0.266 e. The molecule has 0 spiro atoms. The van der Waals surface area contributed by atoms with E-state index in [1.807, 2.05) is 60.7 Å². The van der Waals surface area contributed by atoms with Crippen LogP contribution < -0.4 is 5.56 Å². The standard InChI is InChI=1S/C19H13ClN2O/c1-12-9-17(18(11-21)19(23)22-12)14-7-5-13(6-8-14)15-3-2-4-16(20)10-15/h2-10H,1H3,(H,22,23). The number of aromatic amines is 1. The number of nitriles is 1. The molecule has 0 aliphatic heterocycles. The van der Waals surface area contributed by atoms with E-state index in [-0.39, 0.29) is 11.1 Å². The van der Waals surface area contributed by atoms with E-state index in [0.29, 0.717) is 10.6 Å². The highest BCUT2D eigenvalue weighted by atomic mass is 35.5. The highest BCUT2D eigenvalue weighted by molar-refractivity contribution is 6.30. The minimum atomic E-state index is -0.360. The van der Waals surface area contributed by atoms with Gasteiger partial charge >= 0.3 is 0 Å². The molecule has 0 radical (unpaired) electrons. The summed E-state index contributed by atoms with van der Waals surface area (Å²) in [6, 6.07) is 19.1. The number of nitrogens with one attached hydrogen (secondary N) is 1. The highest BCUT2D eigenvalue weighted by Gasteiger charge is 2.10. The summed E-state index contributed by atoms with van der Waals surface area (Å²) < 4.78 is 0. The van der Waals surface area contributed by atoms with E-state index < -0.39 is 0 Å². The van der Waals surface area contributed by atoms with E-state index in [2.05, 4.69) is 4.98 Å². The zero-order valence-corrected chi connectivity index (χ0v) is 13.2. The summed E-state index contributed by atoms with van der Waals surface area (Å²) in [6.45, 7) is 1.80. The van der Waals surface area contributed by atoms with Gasteiger partial charge in [-0.2, -0.15) is 5.26 Å². The normalized spacial score (nSPS) is 10.3. The Morgan fingerprint density at radius 3 is 2.35 bits per heavy atom. The number of pyridine rings is 1. The number of H-pyrrole nitrogens is 1. The fraction of sp³-hybridized carbons (Fsp3) is 0.0526. The molecule has 0 aliphatic rings. The van der Waals surface area contributed by atoms with Crippen LogP contribution in [0.1, 0.15) is 11.3 Å². The molecule has 0 bridgehead atoms. The first-order valence-corrected chi connectivity index (χ1v) is 7.46. The molecule has 1 N–H and O–H groups in total. The topological polar surface area (TPSA) is 56.6 Å². The van der Waals surface area contributed by atoms with Gasteiger partial charge in [-0.25, -0.2) is 0 Å². The summed E-state index contributed by atoms with van der Waals surface area (Å²) in [5, 5.41) is 9.91. The van der Waals surface area contributed by atoms with E-state index in [0.717, 1.165) is 22.4 Å². The molecule has 0 aliphatic carbocycles. The van der Waals surface area contributed by atoms with Crippen molar-refractivity contribution in [3.05, 3.63) is 81.2 Å². The van der Waals surface area contributed by atoms with Crippen molar-refractivity contribution in [3.8, 4) is 28.3 Å². The Balaban J connectivity index is 2.07. The van der Waals surface area contributed by atoms with Gasteiger partial charge in [-0.3, -0.25) is 4.79 Å². The van der Waals surface area contributed by atoms with Crippen LogP contribution in [0, 0.1) is 18.3 Å². The summed E-state index contributed by atoms with van der Waals surface area (Å²) in [5.74, 6) is 0. The van der Waals surface area contributed by atoms with Crippen molar-refractivity contribution in [3.63, 3.8) is 0 Å². The Kier molecular flexibility index (Phi) is 4.01. The molecular formula is C19H13ClN2O. The number of benzene rings is 2.